The van der Waals surface area contributed by atoms with Gasteiger partial charge in [0.15, 0.2) is 0 Å². The van der Waals surface area contributed by atoms with Crippen molar-refractivity contribution >= 4 is 21.6 Å². The van der Waals surface area contributed by atoms with Crippen LogP contribution >= 0.6 is 15.9 Å². The summed E-state index contributed by atoms with van der Waals surface area (Å²) < 4.78 is 6.32. The minimum Gasteiger partial charge on any atom is -0.388 e. The lowest BCUT2D eigenvalue weighted by molar-refractivity contribution is -0.0572. The molecule has 1 aliphatic rings. The topological polar surface area (TPSA) is 58.7 Å². The van der Waals surface area contributed by atoms with Crippen molar-refractivity contribution in [3.8, 4) is 0 Å². The summed E-state index contributed by atoms with van der Waals surface area (Å²) in [5.74, 6) is 0. The third kappa shape index (κ3) is 3.73. The Morgan fingerprint density at radius 3 is 2.65 bits per heavy atom. The van der Waals surface area contributed by atoms with Gasteiger partial charge in [0.25, 0.3) is 0 Å². The zero-order valence-electron chi connectivity index (χ0n) is 12.1. The van der Waals surface area contributed by atoms with Gasteiger partial charge in [0.05, 0.1) is 11.3 Å². The first-order valence-corrected chi connectivity index (χ1v) is 7.77. The first-order chi connectivity index (χ1) is 9.41. The summed E-state index contributed by atoms with van der Waals surface area (Å²) in [6.07, 6.45) is 1.37. The predicted molar refractivity (Wildman–Crippen MR) is 85.0 cm³/mol. The molecule has 1 saturated heterocycles. The standard InChI is InChI=1S/C15H23BrN2O2/c1-11(17)12-3-4-14(13(16)9-12)18(2)10-15(19)5-7-20-8-6-15/h3-4,9,11,19H,5-8,10,17H2,1-2H3/t11-/m1/s1. The van der Waals surface area contributed by atoms with Crippen LogP contribution in [-0.4, -0.2) is 37.5 Å². The van der Waals surface area contributed by atoms with Gasteiger partial charge in [0.2, 0.25) is 0 Å². The van der Waals surface area contributed by atoms with Crippen molar-refractivity contribution in [1.29, 1.82) is 0 Å². The quantitative estimate of drug-likeness (QED) is 0.882. The molecule has 1 heterocycles. The fourth-order valence-electron chi connectivity index (χ4n) is 2.55. The van der Waals surface area contributed by atoms with Gasteiger partial charge in [-0.3, -0.25) is 0 Å². The van der Waals surface area contributed by atoms with Crippen LogP contribution in [-0.2, 0) is 4.74 Å². The van der Waals surface area contributed by atoms with Crippen LogP contribution in [0.5, 0.6) is 0 Å². The number of ether oxygens (including phenoxy) is 1. The molecular formula is C15H23BrN2O2. The van der Waals surface area contributed by atoms with E-state index in [-0.39, 0.29) is 6.04 Å². The molecular weight excluding hydrogens is 320 g/mol. The van der Waals surface area contributed by atoms with Gasteiger partial charge in [-0.25, -0.2) is 0 Å². The SMILES string of the molecule is C[C@@H](N)c1ccc(N(C)CC2(O)CCOCC2)c(Br)c1. The van der Waals surface area contributed by atoms with Crippen LogP contribution in [0, 0.1) is 0 Å². The number of benzene rings is 1. The molecule has 1 aromatic carbocycles. The zero-order chi connectivity index (χ0) is 14.8. The Bertz CT molecular complexity index is 459. The molecule has 0 aromatic heterocycles. The number of nitrogens with two attached hydrogens (primary N) is 1. The van der Waals surface area contributed by atoms with Gasteiger partial charge < -0.3 is 20.5 Å². The molecule has 1 atom stereocenters. The van der Waals surface area contributed by atoms with E-state index in [2.05, 4.69) is 20.8 Å². The van der Waals surface area contributed by atoms with Crippen LogP contribution < -0.4 is 10.6 Å². The molecule has 0 saturated carbocycles. The maximum absolute atomic E-state index is 10.6. The molecule has 1 aliphatic heterocycles. The van der Waals surface area contributed by atoms with E-state index in [9.17, 15) is 5.11 Å². The molecule has 1 fully saturated rings. The lowest BCUT2D eigenvalue weighted by atomic mass is 9.93. The van der Waals surface area contributed by atoms with E-state index < -0.39 is 5.60 Å². The van der Waals surface area contributed by atoms with Crippen molar-refractivity contribution in [2.45, 2.75) is 31.4 Å². The summed E-state index contributed by atoms with van der Waals surface area (Å²) in [6.45, 7) is 3.84. The minimum atomic E-state index is -0.660. The highest BCUT2D eigenvalue weighted by molar-refractivity contribution is 9.10. The van der Waals surface area contributed by atoms with Crippen LogP contribution in [0.2, 0.25) is 0 Å². The molecule has 0 unspecified atom stereocenters. The summed E-state index contributed by atoms with van der Waals surface area (Å²) in [4.78, 5) is 2.08. The normalized spacial score (nSPS) is 19.6. The third-order valence-electron chi connectivity index (χ3n) is 3.86. The van der Waals surface area contributed by atoms with E-state index in [1.54, 1.807) is 0 Å². The number of rotatable bonds is 4. The smallest absolute Gasteiger partial charge is 0.0865 e. The van der Waals surface area contributed by atoms with Crippen LogP contribution in [0.15, 0.2) is 22.7 Å². The third-order valence-corrected chi connectivity index (χ3v) is 4.50. The van der Waals surface area contributed by atoms with Crippen molar-refractivity contribution < 1.29 is 9.84 Å². The minimum absolute atomic E-state index is 0.0188. The molecule has 0 radical (unpaired) electrons. The van der Waals surface area contributed by atoms with E-state index in [1.165, 1.54) is 0 Å². The second-order valence-corrected chi connectivity index (χ2v) is 6.55. The first kappa shape index (κ1) is 15.8. The van der Waals surface area contributed by atoms with Gasteiger partial charge in [-0.2, -0.15) is 0 Å². The average molecular weight is 343 g/mol. The van der Waals surface area contributed by atoms with Crippen molar-refractivity contribution in [3.05, 3.63) is 28.2 Å². The van der Waals surface area contributed by atoms with Crippen molar-refractivity contribution in [2.24, 2.45) is 5.73 Å². The second-order valence-electron chi connectivity index (χ2n) is 5.69. The maximum Gasteiger partial charge on any atom is 0.0865 e. The van der Waals surface area contributed by atoms with Crippen molar-refractivity contribution in [3.63, 3.8) is 0 Å². The monoisotopic (exact) mass is 342 g/mol. The zero-order valence-corrected chi connectivity index (χ0v) is 13.7. The molecule has 0 bridgehead atoms. The molecule has 2 rings (SSSR count). The Kier molecular flexibility index (Phi) is 5.07. The van der Waals surface area contributed by atoms with E-state index >= 15 is 0 Å². The van der Waals surface area contributed by atoms with Crippen molar-refractivity contribution in [1.82, 2.24) is 0 Å². The molecule has 112 valence electrons. The molecule has 20 heavy (non-hydrogen) atoms. The molecule has 4 nitrogen and oxygen atoms in total. The maximum atomic E-state index is 10.6. The summed E-state index contributed by atoms with van der Waals surface area (Å²) >= 11 is 3.59. The number of aliphatic hydroxyl groups is 1. The number of halogens is 1. The highest BCUT2D eigenvalue weighted by atomic mass is 79.9. The predicted octanol–water partition coefficient (Wildman–Crippen LogP) is 2.45. The van der Waals surface area contributed by atoms with Crippen molar-refractivity contribution in [2.75, 3.05) is 31.7 Å². The highest BCUT2D eigenvalue weighted by Gasteiger charge is 2.31. The highest BCUT2D eigenvalue weighted by Crippen LogP contribution is 2.30. The van der Waals surface area contributed by atoms with E-state index in [0.717, 1.165) is 15.7 Å². The number of hydrogen-bond acceptors (Lipinski definition) is 4. The lowest BCUT2D eigenvalue weighted by Crippen LogP contribution is -2.45. The largest absolute Gasteiger partial charge is 0.388 e. The Morgan fingerprint density at radius 1 is 1.45 bits per heavy atom. The molecule has 5 heteroatoms. The van der Waals surface area contributed by atoms with Gasteiger partial charge >= 0.3 is 0 Å². The summed E-state index contributed by atoms with van der Waals surface area (Å²) in [5.41, 5.74) is 7.39. The van der Waals surface area contributed by atoms with E-state index in [0.29, 0.717) is 32.6 Å². The number of anilines is 1. The fourth-order valence-corrected chi connectivity index (χ4v) is 3.25. The summed E-state index contributed by atoms with van der Waals surface area (Å²) in [6, 6.07) is 6.15. The number of nitrogens with zero attached hydrogens (tertiary/aromatic N) is 1. The Morgan fingerprint density at radius 2 is 2.10 bits per heavy atom. The Balaban J connectivity index is 2.10. The van der Waals surface area contributed by atoms with E-state index in [1.807, 2.05) is 32.2 Å². The Hall–Kier alpha value is -0.620. The second kappa shape index (κ2) is 6.43. The van der Waals surface area contributed by atoms with Gasteiger partial charge in [0.1, 0.15) is 0 Å². The van der Waals surface area contributed by atoms with Gasteiger partial charge in [0, 0.05) is 50.2 Å². The molecule has 0 amide bonds. The first-order valence-electron chi connectivity index (χ1n) is 6.98. The molecule has 1 aromatic rings. The van der Waals surface area contributed by atoms with Crippen LogP contribution in [0.4, 0.5) is 5.69 Å². The number of hydrogen-bond donors (Lipinski definition) is 2. The molecule has 0 aliphatic carbocycles. The Labute approximate surface area is 129 Å². The summed E-state index contributed by atoms with van der Waals surface area (Å²) in [5, 5.41) is 10.6. The summed E-state index contributed by atoms with van der Waals surface area (Å²) in [7, 11) is 2.00. The fraction of sp³-hybridized carbons (Fsp3) is 0.600. The van der Waals surface area contributed by atoms with E-state index in [4.69, 9.17) is 10.5 Å². The van der Waals surface area contributed by atoms with Gasteiger partial charge in [-0.15, -0.1) is 0 Å². The van der Waals surface area contributed by atoms with Crippen LogP contribution in [0.1, 0.15) is 31.4 Å². The molecule has 0 spiro atoms. The number of likely N-dealkylation sites (N-methyl/N-ethyl adjacent to an activating group) is 1. The average Bonchev–Trinajstić information content (AvgIpc) is 2.38. The van der Waals surface area contributed by atoms with Crippen LogP contribution in [0.3, 0.4) is 0 Å². The van der Waals surface area contributed by atoms with Crippen LogP contribution in [0.25, 0.3) is 0 Å². The van der Waals surface area contributed by atoms with Gasteiger partial charge in [-0.1, -0.05) is 6.07 Å². The molecule has 3 N–H and O–H groups in total. The lowest BCUT2D eigenvalue weighted by Gasteiger charge is -2.36. The van der Waals surface area contributed by atoms with Gasteiger partial charge in [-0.05, 0) is 40.5 Å².